The standard InChI is InChI=1S/C27H34Cl2N6O2.ClH/c1-16-15-33(12-10-23(16)34-11-4-5-20(34)7-9-25(36)37)24-14-30-26-17(2)32-35(27(26)31-24)18(3)21-8-6-19(28)13-22(21)29;/h6,8,13-14,16,18,20,23H,4-5,7,9-12,15H2,1-3H3,(H,36,37);1H/t16-,18-,20+,23+;/m1./s1. The predicted octanol–water partition coefficient (Wildman–Crippen LogP) is 6.02. The van der Waals surface area contributed by atoms with Crippen LogP contribution in [0.1, 0.15) is 63.3 Å². The van der Waals surface area contributed by atoms with Crippen LogP contribution in [0.3, 0.4) is 0 Å². The van der Waals surface area contributed by atoms with Gasteiger partial charge in [0.2, 0.25) is 0 Å². The lowest BCUT2D eigenvalue weighted by molar-refractivity contribution is -0.137. The molecule has 0 amide bonds. The van der Waals surface area contributed by atoms with Gasteiger partial charge < -0.3 is 10.0 Å². The van der Waals surface area contributed by atoms with Gasteiger partial charge >= 0.3 is 5.97 Å². The van der Waals surface area contributed by atoms with Crippen molar-refractivity contribution in [1.82, 2.24) is 24.6 Å². The number of carboxylic acid groups (broad SMARTS) is 1. The monoisotopic (exact) mass is 580 g/mol. The molecular weight excluding hydrogens is 547 g/mol. The van der Waals surface area contributed by atoms with Crippen molar-refractivity contribution in [3.05, 3.63) is 45.7 Å². The third-order valence-corrected chi connectivity index (χ3v) is 8.62. The zero-order chi connectivity index (χ0) is 26.3. The van der Waals surface area contributed by atoms with Crippen molar-refractivity contribution in [3.63, 3.8) is 0 Å². The topological polar surface area (TPSA) is 87.4 Å². The van der Waals surface area contributed by atoms with E-state index >= 15 is 0 Å². The molecule has 0 aliphatic carbocycles. The Morgan fingerprint density at radius 3 is 2.74 bits per heavy atom. The molecule has 2 aliphatic heterocycles. The van der Waals surface area contributed by atoms with Gasteiger partial charge in [-0.15, -0.1) is 12.4 Å². The molecule has 4 heterocycles. The van der Waals surface area contributed by atoms with Crippen LogP contribution >= 0.6 is 35.6 Å². The average molecular weight is 582 g/mol. The van der Waals surface area contributed by atoms with E-state index in [4.69, 9.17) is 43.4 Å². The minimum absolute atomic E-state index is 0. The highest BCUT2D eigenvalue weighted by Crippen LogP contribution is 2.34. The number of benzene rings is 1. The molecule has 0 unspecified atom stereocenters. The molecule has 11 heteroatoms. The zero-order valence-corrected chi connectivity index (χ0v) is 24.3. The van der Waals surface area contributed by atoms with Gasteiger partial charge in [-0.2, -0.15) is 5.10 Å². The number of likely N-dealkylation sites (tertiary alicyclic amines) is 1. The van der Waals surface area contributed by atoms with E-state index in [2.05, 4.69) is 23.6 Å². The van der Waals surface area contributed by atoms with Crippen LogP contribution < -0.4 is 4.90 Å². The molecule has 2 aromatic heterocycles. The Morgan fingerprint density at radius 1 is 1.24 bits per heavy atom. The molecule has 38 heavy (non-hydrogen) atoms. The fourth-order valence-electron chi connectivity index (χ4n) is 6.16. The molecule has 3 aromatic rings. The third kappa shape index (κ3) is 5.74. The summed E-state index contributed by atoms with van der Waals surface area (Å²) in [4.78, 5) is 25.8. The van der Waals surface area contributed by atoms with Gasteiger partial charge in [-0.3, -0.25) is 9.69 Å². The van der Waals surface area contributed by atoms with Crippen molar-refractivity contribution < 1.29 is 9.90 Å². The quantitative estimate of drug-likeness (QED) is 0.365. The Morgan fingerprint density at radius 2 is 2.03 bits per heavy atom. The van der Waals surface area contributed by atoms with E-state index in [9.17, 15) is 4.79 Å². The highest BCUT2D eigenvalue weighted by Gasteiger charge is 2.37. The summed E-state index contributed by atoms with van der Waals surface area (Å²) in [6.07, 6.45) is 6.12. The van der Waals surface area contributed by atoms with Gasteiger partial charge in [0.05, 0.1) is 17.9 Å². The fourth-order valence-corrected chi connectivity index (χ4v) is 6.73. The zero-order valence-electron chi connectivity index (χ0n) is 22.0. The van der Waals surface area contributed by atoms with Crippen LogP contribution in [-0.2, 0) is 4.79 Å². The van der Waals surface area contributed by atoms with Crippen LogP contribution in [0, 0.1) is 12.8 Å². The number of aliphatic carboxylic acids is 1. The van der Waals surface area contributed by atoms with Crippen molar-refractivity contribution in [2.75, 3.05) is 24.5 Å². The Labute approximate surface area is 239 Å². The molecule has 206 valence electrons. The predicted molar refractivity (Wildman–Crippen MR) is 154 cm³/mol. The third-order valence-electron chi connectivity index (χ3n) is 8.06. The number of piperidine rings is 1. The highest BCUT2D eigenvalue weighted by molar-refractivity contribution is 6.35. The van der Waals surface area contributed by atoms with Crippen LogP contribution in [0.4, 0.5) is 5.82 Å². The molecule has 1 N–H and O–H groups in total. The molecule has 2 fully saturated rings. The van der Waals surface area contributed by atoms with E-state index in [0.717, 1.165) is 73.6 Å². The lowest BCUT2D eigenvalue weighted by Gasteiger charge is -2.43. The molecule has 0 radical (unpaired) electrons. The van der Waals surface area contributed by atoms with Crippen LogP contribution in [-0.4, -0.2) is 67.4 Å². The first-order chi connectivity index (χ1) is 17.7. The summed E-state index contributed by atoms with van der Waals surface area (Å²) in [7, 11) is 0. The molecular formula is C27H35Cl3N6O2. The smallest absolute Gasteiger partial charge is 0.303 e. The molecule has 0 bridgehead atoms. The Balaban J connectivity index is 0.00000336. The van der Waals surface area contributed by atoms with E-state index in [1.54, 1.807) is 6.07 Å². The molecule has 1 aromatic carbocycles. The molecule has 5 rings (SSSR count). The minimum Gasteiger partial charge on any atom is -0.481 e. The van der Waals surface area contributed by atoms with Crippen molar-refractivity contribution in [2.24, 2.45) is 5.92 Å². The van der Waals surface area contributed by atoms with Crippen molar-refractivity contribution >= 4 is 58.6 Å². The number of halogens is 3. The summed E-state index contributed by atoms with van der Waals surface area (Å²) < 4.78 is 1.91. The van der Waals surface area contributed by atoms with Gasteiger partial charge in [-0.1, -0.05) is 36.2 Å². The van der Waals surface area contributed by atoms with Crippen LogP contribution in [0.2, 0.25) is 10.0 Å². The Kier molecular flexibility index (Phi) is 9.07. The minimum atomic E-state index is -0.703. The molecule has 0 spiro atoms. The number of aryl methyl sites for hydroxylation is 1. The number of anilines is 1. The summed E-state index contributed by atoms with van der Waals surface area (Å²) in [5.74, 6) is 0.595. The van der Waals surface area contributed by atoms with Gasteiger partial charge in [-0.05, 0) is 69.7 Å². The number of aromatic nitrogens is 4. The van der Waals surface area contributed by atoms with Gasteiger partial charge in [0.1, 0.15) is 11.3 Å². The van der Waals surface area contributed by atoms with Gasteiger partial charge in [0.15, 0.2) is 5.65 Å². The summed E-state index contributed by atoms with van der Waals surface area (Å²) >= 11 is 12.6. The highest BCUT2D eigenvalue weighted by atomic mass is 35.5. The Bertz CT molecular complexity index is 1300. The second-order valence-corrected chi connectivity index (χ2v) is 11.4. The second-order valence-electron chi connectivity index (χ2n) is 10.5. The van der Waals surface area contributed by atoms with Gasteiger partial charge in [-0.25, -0.2) is 14.6 Å². The fraction of sp³-hybridized carbons (Fsp3) is 0.556. The first-order valence-electron chi connectivity index (χ1n) is 13.1. The van der Waals surface area contributed by atoms with Gasteiger partial charge in [0, 0.05) is 41.6 Å². The summed E-state index contributed by atoms with van der Waals surface area (Å²) in [6, 6.07) is 6.24. The largest absolute Gasteiger partial charge is 0.481 e. The Hall–Kier alpha value is -2.13. The van der Waals surface area contributed by atoms with Crippen molar-refractivity contribution in [3.8, 4) is 0 Å². The van der Waals surface area contributed by atoms with Crippen LogP contribution in [0.5, 0.6) is 0 Å². The number of nitrogens with zero attached hydrogens (tertiary/aromatic N) is 6. The van der Waals surface area contributed by atoms with E-state index < -0.39 is 5.97 Å². The number of carboxylic acids is 1. The lowest BCUT2D eigenvalue weighted by atomic mass is 9.91. The van der Waals surface area contributed by atoms with E-state index in [1.165, 1.54) is 0 Å². The van der Waals surface area contributed by atoms with Crippen LogP contribution in [0.15, 0.2) is 24.4 Å². The summed E-state index contributed by atoms with van der Waals surface area (Å²) in [5.41, 5.74) is 3.30. The molecule has 2 saturated heterocycles. The summed E-state index contributed by atoms with van der Waals surface area (Å²) in [5, 5.41) is 15.1. The van der Waals surface area contributed by atoms with Crippen LogP contribution in [0.25, 0.3) is 11.2 Å². The molecule has 8 nitrogen and oxygen atoms in total. The van der Waals surface area contributed by atoms with Crippen molar-refractivity contribution in [2.45, 2.75) is 71.0 Å². The average Bonchev–Trinajstić information content (AvgIpc) is 3.46. The normalized spacial score (nSPS) is 23.0. The first kappa shape index (κ1) is 28.9. The number of hydrogen-bond donors (Lipinski definition) is 1. The SMILES string of the molecule is Cc1nn([C@H](C)c2ccc(Cl)cc2Cl)c2nc(N3CC[C@H](N4CCC[C@H]4CCC(=O)O)[C@H](C)C3)cnc12.Cl. The lowest BCUT2D eigenvalue weighted by Crippen LogP contribution is -2.52. The number of fused-ring (bicyclic) bond motifs is 1. The van der Waals surface area contributed by atoms with E-state index in [1.807, 2.05) is 29.9 Å². The summed E-state index contributed by atoms with van der Waals surface area (Å²) in [6.45, 7) is 9.15. The maximum Gasteiger partial charge on any atom is 0.303 e. The second kappa shape index (κ2) is 11.9. The van der Waals surface area contributed by atoms with E-state index in [0.29, 0.717) is 28.0 Å². The van der Waals surface area contributed by atoms with E-state index in [-0.39, 0.29) is 24.9 Å². The molecule has 2 aliphatic rings. The number of carbonyl (C=O) groups is 1. The molecule has 0 saturated carbocycles. The number of hydrogen-bond acceptors (Lipinski definition) is 6. The molecule has 4 atom stereocenters. The first-order valence-corrected chi connectivity index (χ1v) is 13.9. The maximum atomic E-state index is 11.1. The maximum absolute atomic E-state index is 11.1. The van der Waals surface area contributed by atoms with Gasteiger partial charge in [0.25, 0.3) is 0 Å². The number of rotatable bonds is 7. The van der Waals surface area contributed by atoms with Crippen molar-refractivity contribution in [1.29, 1.82) is 0 Å².